The topological polar surface area (TPSA) is 77.6 Å². The van der Waals surface area contributed by atoms with Crippen LogP contribution in [-0.4, -0.2) is 65.5 Å². The molecule has 1 atom stereocenters. The number of nitrogens with one attached hydrogen (secondary N) is 2. The second kappa shape index (κ2) is 14.8. The molecule has 218 valence electrons. The van der Waals surface area contributed by atoms with Crippen molar-refractivity contribution in [2.75, 3.05) is 38.0 Å². The molecular weight excluding hydrogens is 542 g/mol. The van der Waals surface area contributed by atoms with Gasteiger partial charge in [-0.25, -0.2) is 9.78 Å². The number of piperazine rings is 1. The van der Waals surface area contributed by atoms with Crippen molar-refractivity contribution in [3.63, 3.8) is 0 Å². The molecule has 4 aromatic rings. The fourth-order valence-corrected chi connectivity index (χ4v) is 6.19. The van der Waals surface area contributed by atoms with Crippen molar-refractivity contribution in [1.29, 1.82) is 0 Å². The van der Waals surface area contributed by atoms with Gasteiger partial charge in [-0.15, -0.1) is 11.3 Å². The van der Waals surface area contributed by atoms with Gasteiger partial charge in [0.25, 0.3) is 0 Å². The van der Waals surface area contributed by atoms with Gasteiger partial charge >= 0.3 is 6.03 Å². The van der Waals surface area contributed by atoms with Gasteiger partial charge in [0.15, 0.2) is 5.13 Å². The number of anilines is 1. The lowest BCUT2D eigenvalue weighted by molar-refractivity contribution is -0.132. The van der Waals surface area contributed by atoms with Crippen LogP contribution in [0.5, 0.6) is 0 Å². The molecule has 42 heavy (non-hydrogen) atoms. The average Bonchev–Trinajstić information content (AvgIpc) is 3.50. The van der Waals surface area contributed by atoms with Crippen molar-refractivity contribution in [3.8, 4) is 11.3 Å². The molecular formula is C34H39N5O2S. The molecule has 0 bridgehead atoms. The number of hydrogen-bond acceptors (Lipinski definition) is 5. The monoisotopic (exact) mass is 581 g/mol. The number of urea groups is 1. The van der Waals surface area contributed by atoms with Crippen LogP contribution in [0.2, 0.25) is 0 Å². The largest absolute Gasteiger partial charge is 0.340 e. The zero-order valence-electron chi connectivity index (χ0n) is 24.1. The molecule has 1 aliphatic heterocycles. The third-order valence-corrected chi connectivity index (χ3v) is 8.46. The lowest BCUT2D eigenvalue weighted by atomic mass is 9.88. The highest BCUT2D eigenvalue weighted by Crippen LogP contribution is 2.29. The number of benzene rings is 3. The Morgan fingerprint density at radius 2 is 1.62 bits per heavy atom. The predicted octanol–water partition coefficient (Wildman–Crippen LogP) is 6.47. The number of carbonyl (C=O) groups is 2. The highest BCUT2D eigenvalue weighted by atomic mass is 32.1. The molecule has 1 aliphatic rings. The van der Waals surface area contributed by atoms with Crippen molar-refractivity contribution in [1.82, 2.24) is 20.1 Å². The molecule has 8 heteroatoms. The van der Waals surface area contributed by atoms with Gasteiger partial charge in [0.05, 0.1) is 5.69 Å². The van der Waals surface area contributed by atoms with Crippen molar-refractivity contribution < 1.29 is 9.59 Å². The average molecular weight is 582 g/mol. The maximum absolute atomic E-state index is 13.6. The van der Waals surface area contributed by atoms with E-state index in [9.17, 15) is 9.59 Å². The summed E-state index contributed by atoms with van der Waals surface area (Å²) in [5.74, 6) is 0.304. The summed E-state index contributed by atoms with van der Waals surface area (Å²) in [6, 6.07) is 31.0. The summed E-state index contributed by atoms with van der Waals surface area (Å²) in [5, 5.41) is 8.95. The quantitative estimate of drug-likeness (QED) is 0.213. The van der Waals surface area contributed by atoms with Crippen molar-refractivity contribution in [3.05, 3.63) is 108 Å². The lowest BCUT2D eigenvalue weighted by Gasteiger charge is -2.32. The van der Waals surface area contributed by atoms with Gasteiger partial charge in [0, 0.05) is 62.0 Å². The summed E-state index contributed by atoms with van der Waals surface area (Å²) in [4.78, 5) is 35.0. The van der Waals surface area contributed by atoms with Gasteiger partial charge in [-0.05, 0) is 30.9 Å². The van der Waals surface area contributed by atoms with Gasteiger partial charge in [-0.3, -0.25) is 10.1 Å². The highest BCUT2D eigenvalue weighted by Gasteiger charge is 2.23. The van der Waals surface area contributed by atoms with Crippen LogP contribution < -0.4 is 10.6 Å². The smallest absolute Gasteiger partial charge is 0.323 e. The first kappa shape index (κ1) is 29.5. The van der Waals surface area contributed by atoms with Gasteiger partial charge in [0.1, 0.15) is 0 Å². The Bertz CT molecular complexity index is 1370. The van der Waals surface area contributed by atoms with Gasteiger partial charge in [-0.1, -0.05) is 91.0 Å². The van der Waals surface area contributed by atoms with E-state index in [4.69, 9.17) is 0 Å². The second-order valence-corrected chi connectivity index (χ2v) is 11.6. The fraction of sp³-hybridized carbons (Fsp3) is 0.324. The number of hydrogen-bond donors (Lipinski definition) is 2. The first-order valence-electron chi connectivity index (χ1n) is 14.7. The number of thiazole rings is 1. The molecule has 3 amide bonds. The summed E-state index contributed by atoms with van der Waals surface area (Å²) >= 11 is 1.42. The Morgan fingerprint density at radius 1 is 0.976 bits per heavy atom. The Morgan fingerprint density at radius 3 is 2.26 bits per heavy atom. The molecule has 0 aliphatic carbocycles. The number of aromatic nitrogens is 1. The molecule has 2 N–H and O–H groups in total. The predicted molar refractivity (Wildman–Crippen MR) is 171 cm³/mol. The maximum Gasteiger partial charge on any atom is 0.323 e. The summed E-state index contributed by atoms with van der Waals surface area (Å²) in [6.07, 6.45) is 1.80. The molecule has 3 aromatic carbocycles. The maximum atomic E-state index is 13.6. The Labute approximate surface area is 252 Å². The van der Waals surface area contributed by atoms with Crippen molar-refractivity contribution in [2.45, 2.75) is 38.1 Å². The number of rotatable bonds is 11. The minimum Gasteiger partial charge on any atom is -0.340 e. The Balaban J connectivity index is 1.28. The minimum atomic E-state index is -0.188. The Kier molecular flexibility index (Phi) is 10.4. The zero-order valence-corrected chi connectivity index (χ0v) is 24.9. The van der Waals surface area contributed by atoms with Crippen LogP contribution >= 0.6 is 11.3 Å². The van der Waals surface area contributed by atoms with Crippen molar-refractivity contribution in [2.24, 2.45) is 0 Å². The van der Waals surface area contributed by atoms with E-state index in [1.165, 1.54) is 22.5 Å². The van der Waals surface area contributed by atoms with E-state index in [1.807, 2.05) is 57.6 Å². The molecule has 5 rings (SSSR count). The lowest BCUT2D eigenvalue weighted by Crippen LogP contribution is -2.51. The van der Waals surface area contributed by atoms with E-state index in [-0.39, 0.29) is 17.9 Å². The van der Waals surface area contributed by atoms with E-state index in [0.717, 1.165) is 37.3 Å². The van der Waals surface area contributed by atoms with E-state index >= 15 is 0 Å². The van der Waals surface area contributed by atoms with Gasteiger partial charge in [0.2, 0.25) is 5.91 Å². The zero-order chi connectivity index (χ0) is 29.1. The molecule has 1 saturated heterocycles. The molecule has 7 nitrogen and oxygen atoms in total. The normalized spacial score (nSPS) is 15.0. The van der Waals surface area contributed by atoms with E-state index in [0.29, 0.717) is 37.1 Å². The van der Waals surface area contributed by atoms with Crippen LogP contribution in [-0.2, 0) is 4.79 Å². The van der Waals surface area contributed by atoms with E-state index in [1.54, 1.807) is 0 Å². The molecule has 2 heterocycles. The molecule has 0 saturated carbocycles. The van der Waals surface area contributed by atoms with E-state index < -0.39 is 0 Å². The summed E-state index contributed by atoms with van der Waals surface area (Å²) in [6.45, 7) is 5.43. The van der Waals surface area contributed by atoms with Crippen LogP contribution in [0.15, 0.2) is 96.4 Å². The SMILES string of the molecule is CC1CN(C(=O)CCCN(CCC(c2ccccc2)c2ccccc2)C(=O)Nc2nc(-c3ccccc3)cs2)CCN1. The van der Waals surface area contributed by atoms with Crippen LogP contribution in [0.25, 0.3) is 11.3 Å². The first-order chi connectivity index (χ1) is 20.6. The van der Waals surface area contributed by atoms with Gasteiger partial charge in [-0.2, -0.15) is 0 Å². The van der Waals surface area contributed by atoms with Gasteiger partial charge < -0.3 is 15.1 Å². The number of carbonyl (C=O) groups excluding carboxylic acids is 2. The number of nitrogens with zero attached hydrogens (tertiary/aromatic N) is 3. The minimum absolute atomic E-state index is 0.149. The third-order valence-electron chi connectivity index (χ3n) is 7.71. The second-order valence-electron chi connectivity index (χ2n) is 10.8. The highest BCUT2D eigenvalue weighted by molar-refractivity contribution is 7.14. The molecule has 1 unspecified atom stereocenters. The summed E-state index contributed by atoms with van der Waals surface area (Å²) < 4.78 is 0. The van der Waals surface area contributed by atoms with Crippen LogP contribution in [0.3, 0.4) is 0 Å². The standard InChI is InChI=1S/C34H39N5O2S/c1-26-24-39(23-20-35-26)32(40)18-11-21-38(34(41)37-33-36-31(25-42-33)29-16-9-4-10-17-29)22-19-30(27-12-5-2-6-13-27)28-14-7-3-8-15-28/h2-10,12-17,25-26,30,35H,11,18-24H2,1H3,(H,36,37,41). The third kappa shape index (κ3) is 8.05. The molecule has 1 aromatic heterocycles. The van der Waals surface area contributed by atoms with Crippen LogP contribution in [0, 0.1) is 0 Å². The molecule has 1 fully saturated rings. The van der Waals surface area contributed by atoms with Crippen LogP contribution in [0.1, 0.15) is 43.2 Å². The van der Waals surface area contributed by atoms with Crippen molar-refractivity contribution >= 4 is 28.4 Å². The van der Waals surface area contributed by atoms with E-state index in [2.05, 4.69) is 71.1 Å². The first-order valence-corrected chi connectivity index (χ1v) is 15.6. The Hall–Kier alpha value is -4.01. The molecule has 0 spiro atoms. The molecule has 0 radical (unpaired) electrons. The number of amides is 3. The summed E-state index contributed by atoms with van der Waals surface area (Å²) in [7, 11) is 0. The van der Waals surface area contributed by atoms with Crippen LogP contribution in [0.4, 0.5) is 9.93 Å². The fourth-order valence-electron chi connectivity index (χ4n) is 5.48. The summed E-state index contributed by atoms with van der Waals surface area (Å²) in [5.41, 5.74) is 4.30.